The molecule has 3 nitrogen and oxygen atoms in total. The number of rotatable bonds is 8. The van der Waals surface area contributed by atoms with Crippen LogP contribution in [0.25, 0.3) is 0 Å². The van der Waals surface area contributed by atoms with Crippen molar-refractivity contribution in [2.45, 2.75) is 32.2 Å². The van der Waals surface area contributed by atoms with Gasteiger partial charge in [-0.1, -0.05) is 68.3 Å². The molecule has 0 bridgehead atoms. The third-order valence-corrected chi connectivity index (χ3v) is 4.82. The molecule has 132 valence electrons. The van der Waals surface area contributed by atoms with Crippen molar-refractivity contribution in [3.05, 3.63) is 83.4 Å². The number of carbonyl (C=O) groups excluding carboxylic acids is 1. The Bertz CT molecular complexity index is 700. The van der Waals surface area contributed by atoms with Crippen LogP contribution in [0.3, 0.4) is 0 Å². The maximum Gasteiger partial charge on any atom is 0.265 e. The lowest BCUT2D eigenvalue weighted by Gasteiger charge is -2.39. The molecule has 0 spiro atoms. The molecule has 0 fully saturated rings. The van der Waals surface area contributed by atoms with E-state index in [-0.39, 0.29) is 11.8 Å². The summed E-state index contributed by atoms with van der Waals surface area (Å²) in [5.74, 6) is -0.0593. The normalized spacial score (nSPS) is 14.4. The van der Waals surface area contributed by atoms with Crippen molar-refractivity contribution >= 4 is 17.5 Å². The Balaban J connectivity index is 2.31. The summed E-state index contributed by atoms with van der Waals surface area (Å²) >= 11 is 6.05. The van der Waals surface area contributed by atoms with Crippen molar-refractivity contribution < 1.29 is 4.79 Å². The van der Waals surface area contributed by atoms with Crippen LogP contribution >= 0.6 is 11.6 Å². The molecule has 4 heteroatoms. The molecule has 2 atom stereocenters. The van der Waals surface area contributed by atoms with Crippen molar-refractivity contribution in [3.8, 4) is 0 Å². The van der Waals surface area contributed by atoms with E-state index in [0.717, 1.165) is 18.4 Å². The minimum atomic E-state index is -0.453. The molecular weight excluding hydrogens is 332 g/mol. The number of nitrogens with one attached hydrogen (secondary N) is 2. The zero-order valence-electron chi connectivity index (χ0n) is 14.8. The van der Waals surface area contributed by atoms with E-state index in [2.05, 4.69) is 31.3 Å². The summed E-state index contributed by atoms with van der Waals surface area (Å²) < 4.78 is 0. The maximum atomic E-state index is 12.5. The lowest BCUT2D eigenvalue weighted by molar-refractivity contribution is 0.0879. The fourth-order valence-corrected chi connectivity index (χ4v) is 3.18. The average molecular weight is 357 g/mol. The van der Waals surface area contributed by atoms with Gasteiger partial charge in [0.2, 0.25) is 0 Å². The highest BCUT2D eigenvalue weighted by atomic mass is 35.5. The Hall–Kier alpha value is -2.10. The molecule has 0 radical (unpaired) electrons. The lowest BCUT2D eigenvalue weighted by atomic mass is 9.76. The molecule has 0 saturated carbocycles. The zero-order chi connectivity index (χ0) is 18.3. The molecule has 0 saturated heterocycles. The van der Waals surface area contributed by atoms with Crippen LogP contribution in [0.4, 0.5) is 0 Å². The second-order valence-electron chi connectivity index (χ2n) is 6.20. The largest absolute Gasteiger partial charge is 0.287 e. The van der Waals surface area contributed by atoms with Crippen LogP contribution in [-0.2, 0) is 5.54 Å². The molecule has 0 aliphatic rings. The van der Waals surface area contributed by atoms with E-state index in [4.69, 9.17) is 11.6 Å². The van der Waals surface area contributed by atoms with Gasteiger partial charge >= 0.3 is 0 Å². The van der Waals surface area contributed by atoms with E-state index >= 15 is 0 Å². The number of hydrogen-bond acceptors (Lipinski definition) is 2. The first-order chi connectivity index (χ1) is 12.0. The third-order valence-electron chi connectivity index (χ3n) is 4.57. The molecule has 0 aliphatic carbocycles. The molecule has 2 aromatic rings. The molecule has 2 N–H and O–H groups in total. The van der Waals surface area contributed by atoms with Crippen LogP contribution in [0.2, 0.25) is 5.02 Å². The van der Waals surface area contributed by atoms with Gasteiger partial charge in [0.05, 0.1) is 5.54 Å². The Morgan fingerprint density at radius 1 is 1.20 bits per heavy atom. The molecule has 2 aromatic carbocycles. The van der Waals surface area contributed by atoms with Gasteiger partial charge in [-0.25, -0.2) is 5.43 Å². The van der Waals surface area contributed by atoms with E-state index in [0.29, 0.717) is 10.6 Å². The van der Waals surface area contributed by atoms with Crippen LogP contribution in [0.15, 0.2) is 67.3 Å². The second kappa shape index (κ2) is 8.84. The topological polar surface area (TPSA) is 41.1 Å². The summed E-state index contributed by atoms with van der Waals surface area (Å²) in [5.41, 5.74) is 7.42. The second-order valence-corrected chi connectivity index (χ2v) is 6.63. The van der Waals surface area contributed by atoms with Crippen LogP contribution in [0, 0.1) is 5.92 Å². The summed E-state index contributed by atoms with van der Waals surface area (Å²) in [5, 5.41) is 0.689. The predicted molar refractivity (Wildman–Crippen MR) is 104 cm³/mol. The highest BCUT2D eigenvalue weighted by Crippen LogP contribution is 2.35. The molecule has 0 aliphatic heterocycles. The van der Waals surface area contributed by atoms with E-state index in [1.807, 2.05) is 48.5 Å². The number of benzene rings is 2. The van der Waals surface area contributed by atoms with Gasteiger partial charge in [-0.05, 0) is 42.2 Å². The van der Waals surface area contributed by atoms with Gasteiger partial charge < -0.3 is 0 Å². The zero-order valence-corrected chi connectivity index (χ0v) is 15.5. The van der Waals surface area contributed by atoms with Gasteiger partial charge in [0.1, 0.15) is 0 Å². The van der Waals surface area contributed by atoms with Gasteiger partial charge in [0.15, 0.2) is 0 Å². The quantitative estimate of drug-likeness (QED) is 0.510. The summed E-state index contributed by atoms with van der Waals surface area (Å²) in [6, 6.07) is 16.9. The summed E-state index contributed by atoms with van der Waals surface area (Å²) in [6.45, 7) is 8.18. The smallest absolute Gasteiger partial charge is 0.265 e. The number of amides is 1. The highest BCUT2D eigenvalue weighted by molar-refractivity contribution is 6.30. The van der Waals surface area contributed by atoms with E-state index in [1.165, 1.54) is 0 Å². The molecule has 0 aromatic heterocycles. The number of hydrazine groups is 1. The lowest BCUT2D eigenvalue weighted by Crippen LogP contribution is -2.55. The predicted octanol–water partition coefficient (Wildman–Crippen LogP) is 5.09. The molecular formula is C21H25ClN2O. The first-order valence-corrected chi connectivity index (χ1v) is 8.92. The van der Waals surface area contributed by atoms with E-state index < -0.39 is 5.54 Å². The standard InChI is InChI=1S/C21H25ClN2O/c1-4-15-21(16(3)5-2,18-11-13-19(22)14-12-18)24-23-20(25)17-9-7-6-8-10-17/h5-14,16,24H,2,4,15H2,1,3H3,(H,23,25)/t16-,21-/m0/s1. The Labute approximate surface area is 155 Å². The monoisotopic (exact) mass is 356 g/mol. The number of halogens is 1. The molecule has 1 amide bonds. The van der Waals surface area contributed by atoms with Crippen molar-refractivity contribution in [3.63, 3.8) is 0 Å². The first-order valence-electron chi connectivity index (χ1n) is 8.54. The third kappa shape index (κ3) is 4.50. The van der Waals surface area contributed by atoms with E-state index in [1.54, 1.807) is 12.1 Å². The van der Waals surface area contributed by atoms with Gasteiger partial charge in [0, 0.05) is 10.6 Å². The van der Waals surface area contributed by atoms with Crippen molar-refractivity contribution in [1.82, 2.24) is 10.9 Å². The summed E-state index contributed by atoms with van der Waals surface area (Å²) in [7, 11) is 0. The molecule has 0 heterocycles. The minimum absolute atomic E-state index is 0.102. The Kier molecular flexibility index (Phi) is 6.80. The van der Waals surface area contributed by atoms with Gasteiger partial charge in [0.25, 0.3) is 5.91 Å². The fourth-order valence-electron chi connectivity index (χ4n) is 3.06. The first kappa shape index (κ1) is 19.2. The molecule has 2 rings (SSSR count). The van der Waals surface area contributed by atoms with Crippen LogP contribution in [0.5, 0.6) is 0 Å². The summed E-state index contributed by atoms with van der Waals surface area (Å²) in [4.78, 5) is 12.5. The van der Waals surface area contributed by atoms with Crippen molar-refractivity contribution in [2.75, 3.05) is 0 Å². The SMILES string of the molecule is C=C[C@H](C)[C@](CCC)(NNC(=O)c1ccccc1)c1ccc(Cl)cc1. The highest BCUT2D eigenvalue weighted by Gasteiger charge is 2.36. The fraction of sp³-hybridized carbons (Fsp3) is 0.286. The van der Waals surface area contributed by atoms with Crippen LogP contribution < -0.4 is 10.9 Å². The van der Waals surface area contributed by atoms with Crippen molar-refractivity contribution in [1.29, 1.82) is 0 Å². The Morgan fingerprint density at radius 3 is 2.40 bits per heavy atom. The molecule has 0 unspecified atom stereocenters. The van der Waals surface area contributed by atoms with Gasteiger partial charge in [-0.3, -0.25) is 10.2 Å². The van der Waals surface area contributed by atoms with Gasteiger partial charge in [-0.15, -0.1) is 6.58 Å². The Morgan fingerprint density at radius 2 is 1.84 bits per heavy atom. The number of hydrogen-bond donors (Lipinski definition) is 2. The van der Waals surface area contributed by atoms with Crippen LogP contribution in [0.1, 0.15) is 42.6 Å². The van der Waals surface area contributed by atoms with E-state index in [9.17, 15) is 4.79 Å². The van der Waals surface area contributed by atoms with Crippen LogP contribution in [-0.4, -0.2) is 5.91 Å². The minimum Gasteiger partial charge on any atom is -0.287 e. The molecule has 25 heavy (non-hydrogen) atoms. The maximum absolute atomic E-state index is 12.5. The van der Waals surface area contributed by atoms with Gasteiger partial charge in [-0.2, -0.15) is 0 Å². The average Bonchev–Trinajstić information content (AvgIpc) is 2.65. The summed E-state index contributed by atoms with van der Waals surface area (Å²) in [6.07, 6.45) is 3.71. The van der Waals surface area contributed by atoms with Crippen molar-refractivity contribution in [2.24, 2.45) is 5.92 Å². The number of carbonyl (C=O) groups is 1.